The third-order valence-corrected chi connectivity index (χ3v) is 5.02. The predicted molar refractivity (Wildman–Crippen MR) is 104 cm³/mol. The van der Waals surface area contributed by atoms with Gasteiger partial charge in [-0.25, -0.2) is 4.98 Å². The lowest BCUT2D eigenvalue weighted by Crippen LogP contribution is -1.78. The van der Waals surface area contributed by atoms with Crippen molar-refractivity contribution in [1.29, 1.82) is 0 Å². The van der Waals surface area contributed by atoms with Crippen LogP contribution in [0.3, 0.4) is 0 Å². The van der Waals surface area contributed by atoms with Crippen molar-refractivity contribution < 1.29 is 4.42 Å². The molecule has 0 atom stereocenters. The number of benzene rings is 4. The zero-order chi connectivity index (χ0) is 16.4. The van der Waals surface area contributed by atoms with E-state index in [0.29, 0.717) is 0 Å². The fourth-order valence-corrected chi connectivity index (χ4v) is 3.86. The molecule has 4 aromatic carbocycles. The molecule has 0 unspecified atom stereocenters. The quantitative estimate of drug-likeness (QED) is 0.301. The summed E-state index contributed by atoms with van der Waals surface area (Å²) in [6, 6.07) is 27.2. The van der Waals surface area contributed by atoms with Crippen molar-refractivity contribution >= 4 is 54.5 Å². The number of rotatable bonds is 0. The topological polar surface area (TPSA) is 26.0 Å². The molecule has 0 aliphatic carbocycles. The van der Waals surface area contributed by atoms with Crippen LogP contribution in [0.15, 0.2) is 83.3 Å². The molecule has 2 aromatic heterocycles. The Morgan fingerprint density at radius 3 is 2.40 bits per heavy atom. The Bertz CT molecular complexity index is 1440. The van der Waals surface area contributed by atoms with Gasteiger partial charge in [-0.1, -0.05) is 54.6 Å². The molecule has 0 aliphatic rings. The summed E-state index contributed by atoms with van der Waals surface area (Å²) in [7, 11) is 0. The van der Waals surface area contributed by atoms with E-state index >= 15 is 0 Å². The van der Waals surface area contributed by atoms with Crippen molar-refractivity contribution in [1.82, 2.24) is 4.98 Å². The van der Waals surface area contributed by atoms with Gasteiger partial charge in [-0.2, -0.15) is 0 Å². The van der Waals surface area contributed by atoms with Gasteiger partial charge in [0.1, 0.15) is 11.2 Å². The predicted octanol–water partition coefficient (Wildman–Crippen LogP) is 6.44. The van der Waals surface area contributed by atoms with Gasteiger partial charge < -0.3 is 4.42 Å². The van der Waals surface area contributed by atoms with Gasteiger partial charge in [0.05, 0.1) is 11.0 Å². The maximum atomic E-state index is 6.13. The average molecular weight is 319 g/mol. The van der Waals surface area contributed by atoms with Gasteiger partial charge in [0.15, 0.2) is 0 Å². The summed E-state index contributed by atoms with van der Waals surface area (Å²) in [5.41, 5.74) is 3.88. The van der Waals surface area contributed by atoms with Crippen LogP contribution in [0.5, 0.6) is 0 Å². The number of hydrogen-bond acceptors (Lipinski definition) is 2. The molecule has 0 radical (unpaired) electrons. The zero-order valence-corrected chi connectivity index (χ0v) is 13.4. The third-order valence-electron chi connectivity index (χ3n) is 5.02. The van der Waals surface area contributed by atoms with Crippen LogP contribution in [0.25, 0.3) is 54.5 Å². The minimum Gasteiger partial charge on any atom is -0.456 e. The molecule has 2 heterocycles. The first kappa shape index (κ1) is 13.0. The summed E-state index contributed by atoms with van der Waals surface area (Å²) in [5, 5.41) is 7.00. The summed E-state index contributed by atoms with van der Waals surface area (Å²) in [6.07, 6.45) is 0. The molecule has 25 heavy (non-hydrogen) atoms. The van der Waals surface area contributed by atoms with E-state index in [0.717, 1.165) is 33.0 Å². The van der Waals surface area contributed by atoms with E-state index in [-0.39, 0.29) is 0 Å². The Kier molecular flexibility index (Phi) is 2.37. The molecule has 0 amide bonds. The van der Waals surface area contributed by atoms with Gasteiger partial charge in [0, 0.05) is 26.9 Å². The second-order valence-electron chi connectivity index (χ2n) is 6.45. The summed E-state index contributed by atoms with van der Waals surface area (Å²) < 4.78 is 6.13. The maximum absolute atomic E-state index is 6.13. The number of aromatic nitrogens is 1. The fraction of sp³-hybridized carbons (Fsp3) is 0. The molecule has 2 heteroatoms. The molecule has 0 saturated carbocycles. The first-order valence-corrected chi connectivity index (χ1v) is 8.41. The maximum Gasteiger partial charge on any atom is 0.135 e. The Labute approximate surface area is 143 Å². The highest BCUT2D eigenvalue weighted by Crippen LogP contribution is 2.36. The van der Waals surface area contributed by atoms with E-state index in [9.17, 15) is 0 Å². The lowest BCUT2D eigenvalue weighted by Gasteiger charge is -2.03. The second kappa shape index (κ2) is 4.58. The van der Waals surface area contributed by atoms with Gasteiger partial charge in [-0.15, -0.1) is 0 Å². The highest BCUT2D eigenvalue weighted by molar-refractivity contribution is 6.24. The molecule has 0 spiro atoms. The first-order chi connectivity index (χ1) is 12.4. The molecule has 0 fully saturated rings. The Morgan fingerprint density at radius 1 is 0.600 bits per heavy atom. The van der Waals surface area contributed by atoms with Gasteiger partial charge in [0.25, 0.3) is 0 Å². The minimum absolute atomic E-state index is 0.897. The van der Waals surface area contributed by atoms with Gasteiger partial charge in [-0.3, -0.25) is 0 Å². The van der Waals surface area contributed by atoms with Crippen molar-refractivity contribution in [2.75, 3.05) is 0 Å². The number of fused-ring (bicyclic) bond motifs is 8. The molecule has 0 bridgehead atoms. The average Bonchev–Trinajstić information content (AvgIpc) is 3.06. The van der Waals surface area contributed by atoms with Crippen molar-refractivity contribution in [3.8, 4) is 0 Å². The molecule has 6 rings (SSSR count). The smallest absolute Gasteiger partial charge is 0.135 e. The van der Waals surface area contributed by atoms with Gasteiger partial charge in [0.2, 0.25) is 0 Å². The number of para-hydroxylation sites is 1. The third kappa shape index (κ3) is 1.71. The summed E-state index contributed by atoms with van der Waals surface area (Å²) in [4.78, 5) is 4.93. The van der Waals surface area contributed by atoms with Crippen LogP contribution < -0.4 is 0 Å². The van der Waals surface area contributed by atoms with Crippen molar-refractivity contribution in [2.45, 2.75) is 0 Å². The normalized spacial score (nSPS) is 12.0. The number of nitrogens with zero attached hydrogens (tertiary/aromatic N) is 1. The zero-order valence-electron chi connectivity index (χ0n) is 13.4. The van der Waals surface area contributed by atoms with Crippen LogP contribution in [-0.4, -0.2) is 4.98 Å². The van der Waals surface area contributed by atoms with Crippen molar-refractivity contribution in [3.63, 3.8) is 0 Å². The molecule has 0 saturated heterocycles. The molecular formula is C23H13NO. The minimum atomic E-state index is 0.897. The highest BCUT2D eigenvalue weighted by Gasteiger charge is 2.13. The standard InChI is InChI=1S/C23H13NO/c1-3-7-16-14(5-1)9-10-17-22-18-13-15-6-2-4-8-20(15)25-21(18)12-11-19(22)24-23(16)17/h1-13H. The van der Waals surface area contributed by atoms with E-state index in [1.165, 1.54) is 21.5 Å². The van der Waals surface area contributed by atoms with Gasteiger partial charge in [-0.05, 0) is 29.7 Å². The molecule has 6 aromatic rings. The van der Waals surface area contributed by atoms with E-state index in [4.69, 9.17) is 9.40 Å². The second-order valence-corrected chi connectivity index (χ2v) is 6.45. The van der Waals surface area contributed by atoms with Gasteiger partial charge >= 0.3 is 0 Å². The summed E-state index contributed by atoms with van der Waals surface area (Å²) >= 11 is 0. The first-order valence-electron chi connectivity index (χ1n) is 8.41. The van der Waals surface area contributed by atoms with E-state index in [1.54, 1.807) is 0 Å². The van der Waals surface area contributed by atoms with Crippen LogP contribution >= 0.6 is 0 Å². The SMILES string of the molecule is c1ccc2oc3ccc4nc5c6ccccc6ccc5c4c3cc2c1. The molecule has 116 valence electrons. The van der Waals surface area contributed by atoms with E-state index in [2.05, 4.69) is 54.6 Å². The molecular weight excluding hydrogens is 306 g/mol. The largest absolute Gasteiger partial charge is 0.456 e. The van der Waals surface area contributed by atoms with Crippen molar-refractivity contribution in [3.05, 3.63) is 78.9 Å². The lowest BCUT2D eigenvalue weighted by atomic mass is 10.0. The number of hydrogen-bond donors (Lipinski definition) is 0. The Balaban J connectivity index is 1.88. The monoisotopic (exact) mass is 319 g/mol. The molecule has 0 aliphatic heterocycles. The van der Waals surface area contributed by atoms with Crippen molar-refractivity contribution in [2.24, 2.45) is 0 Å². The lowest BCUT2D eigenvalue weighted by molar-refractivity contribution is 0.661. The van der Waals surface area contributed by atoms with E-state index < -0.39 is 0 Å². The summed E-state index contributed by atoms with van der Waals surface area (Å²) in [6.45, 7) is 0. The Morgan fingerprint density at radius 2 is 1.44 bits per heavy atom. The highest BCUT2D eigenvalue weighted by atomic mass is 16.3. The molecule has 0 N–H and O–H groups in total. The van der Waals surface area contributed by atoms with Crippen LogP contribution in [0, 0.1) is 0 Å². The summed E-state index contributed by atoms with van der Waals surface area (Å²) in [5.74, 6) is 0. The molecule has 2 nitrogen and oxygen atoms in total. The van der Waals surface area contributed by atoms with Crippen LogP contribution in [0.4, 0.5) is 0 Å². The van der Waals surface area contributed by atoms with Crippen LogP contribution in [-0.2, 0) is 0 Å². The van der Waals surface area contributed by atoms with E-state index in [1.807, 2.05) is 24.3 Å². The van der Waals surface area contributed by atoms with Crippen LogP contribution in [0.1, 0.15) is 0 Å². The van der Waals surface area contributed by atoms with Crippen LogP contribution in [0.2, 0.25) is 0 Å². The Hall–Kier alpha value is -3.39. The fourth-order valence-electron chi connectivity index (χ4n) is 3.86.